The van der Waals surface area contributed by atoms with E-state index in [0.717, 1.165) is 0 Å². The van der Waals surface area contributed by atoms with Crippen molar-refractivity contribution in [1.82, 2.24) is 4.72 Å². The van der Waals surface area contributed by atoms with E-state index in [0.29, 0.717) is 11.4 Å². The van der Waals surface area contributed by atoms with E-state index in [4.69, 9.17) is 15.5 Å². The second kappa shape index (κ2) is 5.22. The zero-order valence-electron chi connectivity index (χ0n) is 7.95. The standard InChI is InChI=1S/C7H10N3O4PS/c8-5-3-1-2-4-6(5)9-7(11)10-16-15(12,13)14/h1-4H,8H2,(H2,9,10,11)(H2,12,13,14). The summed E-state index contributed by atoms with van der Waals surface area (Å²) in [4.78, 5) is 28.2. The van der Waals surface area contributed by atoms with Gasteiger partial charge in [0.2, 0.25) is 0 Å². The monoisotopic (exact) mass is 263 g/mol. The van der Waals surface area contributed by atoms with Gasteiger partial charge >= 0.3 is 12.8 Å². The van der Waals surface area contributed by atoms with E-state index in [2.05, 4.69) is 5.32 Å². The summed E-state index contributed by atoms with van der Waals surface area (Å²) in [5, 5.41) is 2.34. The van der Waals surface area contributed by atoms with Crippen molar-refractivity contribution in [2.45, 2.75) is 0 Å². The first-order chi connectivity index (χ1) is 7.38. The normalized spacial score (nSPS) is 10.9. The average Bonchev–Trinajstić information content (AvgIpc) is 2.18. The molecular formula is C7H10N3O4PS. The Labute approximate surface area is 95.5 Å². The van der Waals surface area contributed by atoms with Gasteiger partial charge in [0.1, 0.15) is 0 Å². The van der Waals surface area contributed by atoms with Gasteiger partial charge in [-0.15, -0.1) is 0 Å². The number of amides is 2. The van der Waals surface area contributed by atoms with Crippen molar-refractivity contribution in [3.8, 4) is 0 Å². The molecule has 2 amide bonds. The fraction of sp³-hybridized carbons (Fsp3) is 0. The predicted molar refractivity (Wildman–Crippen MR) is 62.6 cm³/mol. The molecule has 0 saturated heterocycles. The van der Waals surface area contributed by atoms with Gasteiger partial charge in [0.25, 0.3) is 0 Å². The van der Waals surface area contributed by atoms with Crippen molar-refractivity contribution in [1.29, 1.82) is 0 Å². The smallest absolute Gasteiger partial charge is 0.397 e. The van der Waals surface area contributed by atoms with E-state index in [1.165, 1.54) is 0 Å². The van der Waals surface area contributed by atoms with Gasteiger partial charge in [0.05, 0.1) is 22.9 Å². The van der Waals surface area contributed by atoms with Crippen LogP contribution in [0.5, 0.6) is 0 Å². The number of nitrogen functional groups attached to an aromatic ring is 1. The molecule has 0 atom stereocenters. The molecular weight excluding hydrogens is 253 g/mol. The van der Waals surface area contributed by atoms with Crippen LogP contribution in [0.3, 0.4) is 0 Å². The number of urea groups is 1. The highest BCUT2D eigenvalue weighted by Crippen LogP contribution is 2.47. The third-order valence-electron chi connectivity index (χ3n) is 1.47. The van der Waals surface area contributed by atoms with Crippen LogP contribution in [0, 0.1) is 0 Å². The third kappa shape index (κ3) is 4.54. The van der Waals surface area contributed by atoms with E-state index in [1.807, 2.05) is 4.72 Å². The summed E-state index contributed by atoms with van der Waals surface area (Å²) < 4.78 is 12.4. The van der Waals surface area contributed by atoms with Crippen LogP contribution in [-0.4, -0.2) is 15.8 Å². The van der Waals surface area contributed by atoms with Gasteiger partial charge in [-0.25, -0.2) is 9.36 Å². The lowest BCUT2D eigenvalue weighted by molar-refractivity contribution is 0.257. The maximum atomic E-state index is 11.2. The highest BCUT2D eigenvalue weighted by molar-refractivity contribution is 8.53. The lowest BCUT2D eigenvalue weighted by Crippen LogP contribution is -2.23. The predicted octanol–water partition coefficient (Wildman–Crippen LogP) is 1.13. The van der Waals surface area contributed by atoms with Gasteiger partial charge < -0.3 is 20.8 Å². The molecule has 0 bridgehead atoms. The molecule has 6 N–H and O–H groups in total. The van der Waals surface area contributed by atoms with E-state index in [9.17, 15) is 9.36 Å². The maximum Gasteiger partial charge on any atom is 0.404 e. The molecule has 0 aliphatic heterocycles. The largest absolute Gasteiger partial charge is 0.404 e. The molecule has 0 radical (unpaired) electrons. The van der Waals surface area contributed by atoms with Gasteiger partial charge in [-0.1, -0.05) is 12.1 Å². The Kier molecular flexibility index (Phi) is 4.19. The summed E-state index contributed by atoms with van der Waals surface area (Å²) in [6.07, 6.45) is 0. The highest BCUT2D eigenvalue weighted by Gasteiger charge is 2.16. The van der Waals surface area contributed by atoms with Gasteiger partial charge in [-0.2, -0.15) is 0 Å². The van der Waals surface area contributed by atoms with Crippen molar-refractivity contribution in [2.24, 2.45) is 0 Å². The molecule has 0 aliphatic rings. The number of benzene rings is 1. The van der Waals surface area contributed by atoms with Crippen LogP contribution in [0.15, 0.2) is 24.3 Å². The minimum absolute atomic E-state index is 0.0306. The number of anilines is 2. The minimum Gasteiger partial charge on any atom is -0.397 e. The molecule has 0 saturated carbocycles. The molecule has 7 nitrogen and oxygen atoms in total. The Morgan fingerprint density at radius 3 is 2.56 bits per heavy atom. The first-order valence-corrected chi connectivity index (χ1v) is 7.07. The minimum atomic E-state index is -4.32. The summed E-state index contributed by atoms with van der Waals surface area (Å²) >= 11 is 0.0306. The number of rotatable bonds is 3. The Bertz CT molecular complexity index is 435. The zero-order chi connectivity index (χ0) is 12.2. The number of nitrogens with one attached hydrogen (secondary N) is 2. The van der Waals surface area contributed by atoms with E-state index >= 15 is 0 Å². The van der Waals surface area contributed by atoms with Crippen LogP contribution in [0.4, 0.5) is 16.2 Å². The number of carbonyl (C=O) groups excluding carboxylic acids is 1. The molecule has 16 heavy (non-hydrogen) atoms. The molecule has 0 aliphatic carbocycles. The van der Waals surface area contributed by atoms with Crippen molar-refractivity contribution in [2.75, 3.05) is 11.1 Å². The molecule has 0 spiro atoms. The lowest BCUT2D eigenvalue weighted by atomic mass is 10.3. The van der Waals surface area contributed by atoms with Crippen LogP contribution in [0.1, 0.15) is 0 Å². The van der Waals surface area contributed by atoms with Crippen molar-refractivity contribution < 1.29 is 19.1 Å². The number of hydrogen-bond acceptors (Lipinski definition) is 4. The Morgan fingerprint density at radius 1 is 1.38 bits per heavy atom. The fourth-order valence-electron chi connectivity index (χ4n) is 0.860. The molecule has 1 rings (SSSR count). The number of carbonyl (C=O) groups is 1. The van der Waals surface area contributed by atoms with E-state index in [-0.39, 0.29) is 11.6 Å². The van der Waals surface area contributed by atoms with Crippen LogP contribution < -0.4 is 15.8 Å². The summed E-state index contributed by atoms with van der Waals surface area (Å²) in [6.45, 7) is -4.32. The van der Waals surface area contributed by atoms with Crippen LogP contribution in [0.25, 0.3) is 0 Å². The fourth-order valence-corrected chi connectivity index (χ4v) is 1.72. The SMILES string of the molecule is Nc1ccccc1NC(=O)NSP(=O)(O)O. The van der Waals surface area contributed by atoms with Crippen molar-refractivity contribution in [3.63, 3.8) is 0 Å². The highest BCUT2D eigenvalue weighted by atomic mass is 32.7. The second-order valence-electron chi connectivity index (χ2n) is 2.73. The first-order valence-electron chi connectivity index (χ1n) is 4.04. The van der Waals surface area contributed by atoms with Crippen LogP contribution in [-0.2, 0) is 4.57 Å². The van der Waals surface area contributed by atoms with Gasteiger partial charge in [-0.05, 0) is 12.1 Å². The van der Waals surface area contributed by atoms with Crippen LogP contribution in [0.2, 0.25) is 0 Å². The average molecular weight is 263 g/mol. The molecule has 0 fully saturated rings. The summed E-state index contributed by atoms with van der Waals surface area (Å²) in [7, 11) is 0. The molecule has 1 aromatic carbocycles. The maximum absolute atomic E-state index is 11.2. The van der Waals surface area contributed by atoms with E-state index < -0.39 is 12.8 Å². The molecule has 0 unspecified atom stereocenters. The second-order valence-corrected chi connectivity index (χ2v) is 6.07. The summed E-state index contributed by atoms with van der Waals surface area (Å²) in [5.41, 5.74) is 6.27. The quantitative estimate of drug-likeness (QED) is 0.316. The summed E-state index contributed by atoms with van der Waals surface area (Å²) in [6, 6.07) is 5.76. The Balaban J connectivity index is 2.53. The zero-order valence-corrected chi connectivity index (χ0v) is 9.66. The molecule has 1 aromatic rings. The molecule has 9 heteroatoms. The van der Waals surface area contributed by atoms with Gasteiger partial charge in [0.15, 0.2) is 0 Å². The van der Waals surface area contributed by atoms with E-state index in [1.54, 1.807) is 24.3 Å². The molecule has 88 valence electrons. The Hall–Kier alpha value is -1.21. The molecule has 0 aromatic heterocycles. The van der Waals surface area contributed by atoms with Gasteiger partial charge in [-0.3, -0.25) is 4.72 Å². The topological polar surface area (TPSA) is 125 Å². The third-order valence-corrected chi connectivity index (χ3v) is 2.97. The van der Waals surface area contributed by atoms with Crippen LogP contribution >= 0.6 is 18.4 Å². The first kappa shape index (κ1) is 12.9. The number of hydrogen-bond donors (Lipinski definition) is 5. The number of nitrogens with two attached hydrogens (primary N) is 1. The van der Waals surface area contributed by atoms with Crippen molar-refractivity contribution >= 4 is 35.8 Å². The molecule has 0 heterocycles. The number of para-hydroxylation sites is 2. The Morgan fingerprint density at radius 2 is 2.00 bits per heavy atom. The van der Waals surface area contributed by atoms with Gasteiger partial charge in [0, 0.05) is 0 Å². The van der Waals surface area contributed by atoms with Crippen molar-refractivity contribution in [3.05, 3.63) is 24.3 Å². The lowest BCUT2D eigenvalue weighted by Gasteiger charge is -2.08. The summed E-state index contributed by atoms with van der Waals surface area (Å²) in [5.74, 6) is 0.